The van der Waals surface area contributed by atoms with E-state index in [1.165, 1.54) is 7.11 Å². The Kier molecular flexibility index (Phi) is 6.72. The number of esters is 1. The van der Waals surface area contributed by atoms with Crippen molar-refractivity contribution in [3.63, 3.8) is 0 Å². The molecule has 1 unspecified atom stereocenters. The number of hydrogen-bond donors (Lipinski definition) is 2. The van der Waals surface area contributed by atoms with E-state index in [4.69, 9.17) is 38.0 Å². The Morgan fingerprint density at radius 2 is 2.08 bits per heavy atom. The van der Waals surface area contributed by atoms with Crippen LogP contribution in [-0.2, 0) is 9.53 Å². The maximum Gasteiger partial charge on any atom is 0.338 e. The number of rotatable bonds is 6. The van der Waals surface area contributed by atoms with E-state index in [2.05, 4.69) is 10.6 Å². The quantitative estimate of drug-likeness (QED) is 0.561. The van der Waals surface area contributed by atoms with E-state index in [0.717, 1.165) is 0 Å². The van der Waals surface area contributed by atoms with Gasteiger partial charge in [0.1, 0.15) is 0 Å². The lowest BCUT2D eigenvalue weighted by atomic mass is 9.95. The van der Waals surface area contributed by atoms with Crippen LogP contribution in [-0.4, -0.2) is 30.9 Å². The zero-order valence-electron chi connectivity index (χ0n) is 15.4. The Bertz CT molecular complexity index is 749. The predicted molar refractivity (Wildman–Crippen MR) is 105 cm³/mol. The number of thiocarbonyl (C=S) groups is 1. The molecule has 2 N–H and O–H groups in total. The third-order valence-corrected chi connectivity index (χ3v) is 4.20. The lowest BCUT2D eigenvalue weighted by molar-refractivity contribution is -0.139. The molecule has 1 aliphatic heterocycles. The van der Waals surface area contributed by atoms with E-state index in [0.29, 0.717) is 38.5 Å². The van der Waals surface area contributed by atoms with Crippen molar-refractivity contribution >= 4 is 34.9 Å². The van der Waals surface area contributed by atoms with Gasteiger partial charge in [-0.25, -0.2) is 4.79 Å². The molecule has 1 atom stereocenters. The number of hydrogen-bond acceptors (Lipinski definition) is 5. The summed E-state index contributed by atoms with van der Waals surface area (Å²) in [5, 5.41) is 6.86. The summed E-state index contributed by atoms with van der Waals surface area (Å²) in [6.07, 6.45) is -0.0610. The van der Waals surface area contributed by atoms with Gasteiger partial charge in [0, 0.05) is 5.70 Å². The van der Waals surface area contributed by atoms with Crippen molar-refractivity contribution in [3.8, 4) is 11.5 Å². The second kappa shape index (κ2) is 8.60. The van der Waals surface area contributed by atoms with Crippen molar-refractivity contribution in [3.05, 3.63) is 34.0 Å². The average Bonchev–Trinajstić information content (AvgIpc) is 2.55. The fraction of sp³-hybridized carbons (Fsp3) is 0.444. The molecule has 1 aromatic carbocycles. The molecule has 0 aromatic heterocycles. The first-order chi connectivity index (χ1) is 12.3. The molecule has 2 rings (SSSR count). The molecular weight excluding hydrogens is 376 g/mol. The minimum atomic E-state index is -0.512. The Balaban J connectivity index is 2.53. The third-order valence-electron chi connectivity index (χ3n) is 3.70. The highest BCUT2D eigenvalue weighted by Gasteiger charge is 2.32. The van der Waals surface area contributed by atoms with Gasteiger partial charge in [-0.15, -0.1) is 0 Å². The molecule has 0 spiro atoms. The summed E-state index contributed by atoms with van der Waals surface area (Å²) < 4.78 is 16.4. The van der Waals surface area contributed by atoms with Gasteiger partial charge in [0.2, 0.25) is 0 Å². The van der Waals surface area contributed by atoms with E-state index < -0.39 is 12.0 Å². The minimum absolute atomic E-state index is 0.0610. The maximum atomic E-state index is 12.5. The summed E-state index contributed by atoms with van der Waals surface area (Å²) in [5.74, 6) is 0.520. The maximum absolute atomic E-state index is 12.5. The fourth-order valence-electron chi connectivity index (χ4n) is 2.68. The van der Waals surface area contributed by atoms with E-state index in [9.17, 15) is 4.79 Å². The van der Waals surface area contributed by atoms with Gasteiger partial charge in [0.15, 0.2) is 16.6 Å². The van der Waals surface area contributed by atoms with Crippen LogP contribution in [0.4, 0.5) is 0 Å². The molecule has 1 aromatic rings. The smallest absolute Gasteiger partial charge is 0.338 e. The van der Waals surface area contributed by atoms with Gasteiger partial charge in [-0.05, 0) is 57.6 Å². The number of carbonyl (C=O) groups excluding carboxylic acids is 1. The van der Waals surface area contributed by atoms with Crippen molar-refractivity contribution in [2.45, 2.75) is 39.8 Å². The first kappa shape index (κ1) is 20.3. The highest BCUT2D eigenvalue weighted by Crippen LogP contribution is 2.40. The fourth-order valence-corrected chi connectivity index (χ4v) is 3.21. The van der Waals surface area contributed by atoms with Crippen LogP contribution in [0.1, 0.15) is 39.3 Å². The van der Waals surface area contributed by atoms with Crippen molar-refractivity contribution in [2.24, 2.45) is 0 Å². The molecule has 6 nitrogen and oxygen atoms in total. The molecule has 142 valence electrons. The number of allylic oxidation sites excluding steroid dienone is 1. The standard InChI is InChI=1S/C18H23ClN2O4S/c1-6-24-17(22)14-10(4)20-18(26)21-15(14)11-7-12(19)16(25-9(2)3)13(8-11)23-5/h7-9,15H,6H2,1-5H3,(H2,20,21,26). The van der Waals surface area contributed by atoms with Crippen LogP contribution in [0.3, 0.4) is 0 Å². The first-order valence-electron chi connectivity index (χ1n) is 8.27. The van der Waals surface area contributed by atoms with E-state index in [-0.39, 0.29) is 12.7 Å². The average molecular weight is 399 g/mol. The summed E-state index contributed by atoms with van der Waals surface area (Å²) in [5.41, 5.74) is 1.79. The lowest BCUT2D eigenvalue weighted by Crippen LogP contribution is -2.45. The van der Waals surface area contributed by atoms with Crippen LogP contribution in [0.25, 0.3) is 0 Å². The summed E-state index contributed by atoms with van der Waals surface area (Å²) >= 11 is 11.7. The summed E-state index contributed by atoms with van der Waals surface area (Å²) in [4.78, 5) is 12.5. The normalized spacial score (nSPS) is 16.9. The molecule has 0 aliphatic carbocycles. The zero-order valence-corrected chi connectivity index (χ0v) is 17.0. The molecule has 0 saturated heterocycles. The van der Waals surface area contributed by atoms with Gasteiger partial charge in [0.25, 0.3) is 0 Å². The number of methoxy groups -OCH3 is 1. The molecule has 8 heteroatoms. The van der Waals surface area contributed by atoms with Gasteiger partial charge in [-0.3, -0.25) is 0 Å². The molecule has 0 saturated carbocycles. The van der Waals surface area contributed by atoms with Gasteiger partial charge in [0.05, 0.1) is 36.5 Å². The summed E-state index contributed by atoms with van der Waals surface area (Å²) in [6, 6.07) is 3.00. The Labute approximate surface area is 163 Å². The zero-order chi connectivity index (χ0) is 19.4. The predicted octanol–water partition coefficient (Wildman–Crippen LogP) is 3.49. The molecule has 0 radical (unpaired) electrons. The molecule has 1 aliphatic rings. The van der Waals surface area contributed by atoms with Crippen molar-refractivity contribution in [1.82, 2.24) is 10.6 Å². The van der Waals surface area contributed by atoms with Crippen LogP contribution < -0.4 is 20.1 Å². The molecule has 1 heterocycles. The molecule has 0 bridgehead atoms. The number of nitrogens with one attached hydrogen (secondary N) is 2. The van der Waals surface area contributed by atoms with Crippen molar-refractivity contribution in [1.29, 1.82) is 0 Å². The Morgan fingerprint density at radius 3 is 2.65 bits per heavy atom. The topological polar surface area (TPSA) is 68.8 Å². The minimum Gasteiger partial charge on any atom is -0.493 e. The first-order valence-corrected chi connectivity index (χ1v) is 9.06. The SMILES string of the molecule is CCOC(=O)C1=C(C)NC(=S)NC1c1cc(Cl)c(OC(C)C)c(OC)c1. The second-order valence-corrected chi connectivity index (χ2v) is 6.81. The van der Waals surface area contributed by atoms with Gasteiger partial charge in [-0.1, -0.05) is 11.6 Å². The third kappa shape index (κ3) is 4.40. The number of benzene rings is 1. The largest absolute Gasteiger partial charge is 0.493 e. The van der Waals surface area contributed by atoms with E-state index in [1.54, 1.807) is 26.0 Å². The van der Waals surface area contributed by atoms with Crippen molar-refractivity contribution in [2.75, 3.05) is 13.7 Å². The van der Waals surface area contributed by atoms with Crippen LogP contribution in [0.15, 0.2) is 23.4 Å². The van der Waals surface area contributed by atoms with Crippen LogP contribution in [0.2, 0.25) is 5.02 Å². The molecular formula is C18H23ClN2O4S. The molecule has 0 fully saturated rings. The summed E-state index contributed by atoms with van der Waals surface area (Å²) in [7, 11) is 1.54. The van der Waals surface area contributed by atoms with E-state index >= 15 is 0 Å². The monoisotopic (exact) mass is 398 g/mol. The van der Waals surface area contributed by atoms with Crippen LogP contribution in [0, 0.1) is 0 Å². The number of ether oxygens (including phenoxy) is 3. The molecule has 0 amide bonds. The number of carbonyl (C=O) groups is 1. The van der Waals surface area contributed by atoms with Gasteiger partial charge in [-0.2, -0.15) is 0 Å². The van der Waals surface area contributed by atoms with Gasteiger partial charge < -0.3 is 24.8 Å². The molecule has 26 heavy (non-hydrogen) atoms. The van der Waals surface area contributed by atoms with Crippen LogP contribution in [0.5, 0.6) is 11.5 Å². The van der Waals surface area contributed by atoms with Crippen molar-refractivity contribution < 1.29 is 19.0 Å². The van der Waals surface area contributed by atoms with Crippen LogP contribution >= 0.6 is 23.8 Å². The Hall–Kier alpha value is -1.99. The van der Waals surface area contributed by atoms with E-state index in [1.807, 2.05) is 13.8 Å². The second-order valence-electron chi connectivity index (χ2n) is 5.99. The summed E-state index contributed by atoms with van der Waals surface area (Å²) in [6.45, 7) is 7.62. The number of halogens is 1. The lowest BCUT2D eigenvalue weighted by Gasteiger charge is -2.30. The highest BCUT2D eigenvalue weighted by molar-refractivity contribution is 7.80. The highest BCUT2D eigenvalue weighted by atomic mass is 35.5. The Morgan fingerprint density at radius 1 is 1.38 bits per heavy atom. The van der Waals surface area contributed by atoms with Gasteiger partial charge >= 0.3 is 5.97 Å².